The van der Waals surface area contributed by atoms with Crippen LogP contribution in [-0.4, -0.2) is 50.3 Å². The monoisotopic (exact) mass is 398 g/mol. The van der Waals surface area contributed by atoms with Crippen LogP contribution in [0.3, 0.4) is 0 Å². The molecule has 2 heterocycles. The van der Waals surface area contributed by atoms with E-state index in [4.69, 9.17) is 9.15 Å². The molecule has 1 N–H and O–H groups in total. The maximum absolute atomic E-state index is 12.9. The van der Waals surface area contributed by atoms with Crippen molar-refractivity contribution in [2.24, 2.45) is 5.92 Å². The number of carbonyl (C=O) groups is 2. The molecule has 1 atom stereocenters. The van der Waals surface area contributed by atoms with Crippen molar-refractivity contribution >= 4 is 21.9 Å². The van der Waals surface area contributed by atoms with Crippen LogP contribution < -0.4 is 5.32 Å². The maximum atomic E-state index is 12.9. The van der Waals surface area contributed by atoms with Crippen molar-refractivity contribution in [3.63, 3.8) is 0 Å². The molecule has 2 aliphatic rings. The molecule has 150 valence electrons. The quantitative estimate of drug-likeness (QED) is 0.704. The average molecular weight is 398 g/mol. The predicted molar refractivity (Wildman–Crippen MR) is 96.5 cm³/mol. The normalized spacial score (nSPS) is 21.4. The number of ether oxygens (including phenoxy) is 1. The summed E-state index contributed by atoms with van der Waals surface area (Å²) in [5.74, 6) is -0.666. The average Bonchev–Trinajstić information content (AvgIpc) is 3.41. The smallest absolute Gasteiger partial charge is 0.374 e. The standard InChI is InChI=1S/C18H26N2O6S/c1-2-25-18(22)15-9-10-16(26-15)27(23,24)20-11-5-8-14(20)17(21)19-12-13-6-3-4-7-13/h9-10,13-14H,2-8,11-12H2,1H3,(H,19,21). The van der Waals surface area contributed by atoms with Crippen LogP contribution in [0, 0.1) is 5.92 Å². The van der Waals surface area contributed by atoms with Crippen molar-refractivity contribution in [3.05, 3.63) is 17.9 Å². The summed E-state index contributed by atoms with van der Waals surface area (Å²) in [5.41, 5.74) is 0. The van der Waals surface area contributed by atoms with Gasteiger partial charge in [0.1, 0.15) is 6.04 Å². The van der Waals surface area contributed by atoms with Gasteiger partial charge < -0.3 is 14.5 Å². The molecule has 1 amide bonds. The minimum Gasteiger partial charge on any atom is -0.460 e. The molecule has 0 spiro atoms. The highest BCUT2D eigenvalue weighted by Crippen LogP contribution is 2.28. The summed E-state index contributed by atoms with van der Waals surface area (Å²) in [6.07, 6.45) is 5.66. The molecule has 3 rings (SSSR count). The van der Waals surface area contributed by atoms with Gasteiger partial charge in [-0.1, -0.05) is 12.8 Å². The molecule has 1 aliphatic heterocycles. The number of sulfonamides is 1. The first kappa shape index (κ1) is 19.9. The number of hydrogen-bond acceptors (Lipinski definition) is 6. The molecular formula is C18H26N2O6S. The van der Waals surface area contributed by atoms with Gasteiger partial charge in [-0.05, 0) is 50.7 Å². The maximum Gasteiger partial charge on any atom is 0.374 e. The summed E-state index contributed by atoms with van der Waals surface area (Å²) in [6, 6.07) is 1.76. The highest BCUT2D eigenvalue weighted by Gasteiger charge is 2.41. The van der Waals surface area contributed by atoms with Crippen LogP contribution in [0.2, 0.25) is 0 Å². The number of nitrogens with one attached hydrogen (secondary N) is 1. The molecule has 9 heteroatoms. The summed E-state index contributed by atoms with van der Waals surface area (Å²) in [7, 11) is -4.00. The molecule has 27 heavy (non-hydrogen) atoms. The molecule has 1 aliphatic carbocycles. The van der Waals surface area contributed by atoms with E-state index in [0.29, 0.717) is 25.3 Å². The van der Waals surface area contributed by atoms with Crippen LogP contribution in [0.5, 0.6) is 0 Å². The summed E-state index contributed by atoms with van der Waals surface area (Å²) < 4.78 is 37.0. The van der Waals surface area contributed by atoms with Crippen molar-refractivity contribution < 1.29 is 27.2 Å². The molecule has 0 bridgehead atoms. The second-order valence-electron chi connectivity index (χ2n) is 7.01. The van der Waals surface area contributed by atoms with E-state index in [1.165, 1.54) is 29.3 Å². The van der Waals surface area contributed by atoms with Crippen LogP contribution in [0.1, 0.15) is 56.0 Å². The van der Waals surface area contributed by atoms with Gasteiger partial charge in [-0.25, -0.2) is 13.2 Å². The van der Waals surface area contributed by atoms with Crippen molar-refractivity contribution in [2.75, 3.05) is 19.7 Å². The molecule has 0 aromatic carbocycles. The minimum atomic E-state index is -4.00. The zero-order valence-corrected chi connectivity index (χ0v) is 16.3. The Morgan fingerprint density at radius 3 is 2.67 bits per heavy atom. The molecule has 1 saturated heterocycles. The molecule has 1 saturated carbocycles. The summed E-state index contributed by atoms with van der Waals surface area (Å²) in [6.45, 7) is 2.66. The number of amides is 1. The Kier molecular flexibility index (Phi) is 6.21. The second kappa shape index (κ2) is 8.43. The van der Waals surface area contributed by atoms with Crippen molar-refractivity contribution in [2.45, 2.75) is 56.6 Å². The highest BCUT2D eigenvalue weighted by molar-refractivity contribution is 7.89. The van der Waals surface area contributed by atoms with E-state index in [-0.39, 0.29) is 29.9 Å². The van der Waals surface area contributed by atoms with Crippen LogP contribution in [-0.2, 0) is 19.6 Å². The molecular weight excluding hydrogens is 372 g/mol. The number of carbonyl (C=O) groups excluding carboxylic acids is 2. The van der Waals surface area contributed by atoms with Crippen LogP contribution in [0.4, 0.5) is 0 Å². The first-order chi connectivity index (χ1) is 12.9. The Hall–Kier alpha value is -1.87. The zero-order chi connectivity index (χ0) is 19.4. The Bertz CT molecular complexity index is 782. The number of nitrogens with zero attached hydrogens (tertiary/aromatic N) is 1. The zero-order valence-electron chi connectivity index (χ0n) is 15.5. The van der Waals surface area contributed by atoms with Gasteiger partial charge in [-0.2, -0.15) is 4.31 Å². The third-order valence-electron chi connectivity index (χ3n) is 5.17. The summed E-state index contributed by atoms with van der Waals surface area (Å²) in [5, 5.41) is 2.56. The van der Waals surface area contributed by atoms with Gasteiger partial charge in [0.05, 0.1) is 6.61 Å². The summed E-state index contributed by atoms with van der Waals surface area (Å²) in [4.78, 5) is 24.3. The van der Waals surface area contributed by atoms with E-state index in [2.05, 4.69) is 5.32 Å². The lowest BCUT2D eigenvalue weighted by atomic mass is 10.1. The molecule has 8 nitrogen and oxygen atoms in total. The van der Waals surface area contributed by atoms with Crippen LogP contribution in [0.25, 0.3) is 0 Å². The fraction of sp³-hybridized carbons (Fsp3) is 0.667. The Balaban J connectivity index is 1.69. The minimum absolute atomic E-state index is 0.164. The Morgan fingerprint density at radius 1 is 1.22 bits per heavy atom. The SMILES string of the molecule is CCOC(=O)c1ccc(S(=O)(=O)N2CCCC2C(=O)NCC2CCCC2)o1. The van der Waals surface area contributed by atoms with Gasteiger partial charge >= 0.3 is 5.97 Å². The molecule has 2 fully saturated rings. The Morgan fingerprint density at radius 2 is 1.96 bits per heavy atom. The van der Waals surface area contributed by atoms with Crippen molar-refractivity contribution in [3.8, 4) is 0 Å². The third-order valence-corrected chi connectivity index (χ3v) is 6.95. The highest BCUT2D eigenvalue weighted by atomic mass is 32.2. The number of furan rings is 1. The van der Waals surface area contributed by atoms with E-state index in [0.717, 1.165) is 12.8 Å². The first-order valence-electron chi connectivity index (χ1n) is 9.50. The molecule has 1 aromatic heterocycles. The van der Waals surface area contributed by atoms with Crippen molar-refractivity contribution in [1.29, 1.82) is 0 Å². The number of rotatable bonds is 7. The van der Waals surface area contributed by atoms with Gasteiger partial charge in [0.25, 0.3) is 10.0 Å². The lowest BCUT2D eigenvalue weighted by Gasteiger charge is -2.23. The lowest BCUT2D eigenvalue weighted by molar-refractivity contribution is -0.124. The van der Waals surface area contributed by atoms with Crippen LogP contribution in [0.15, 0.2) is 21.6 Å². The van der Waals surface area contributed by atoms with E-state index < -0.39 is 22.0 Å². The largest absolute Gasteiger partial charge is 0.460 e. The van der Waals surface area contributed by atoms with Crippen LogP contribution >= 0.6 is 0 Å². The molecule has 1 aromatic rings. The fourth-order valence-electron chi connectivity index (χ4n) is 3.75. The van der Waals surface area contributed by atoms with Gasteiger partial charge in [0, 0.05) is 13.1 Å². The Labute approximate surface area is 159 Å². The van der Waals surface area contributed by atoms with E-state index >= 15 is 0 Å². The first-order valence-corrected chi connectivity index (χ1v) is 10.9. The third kappa shape index (κ3) is 4.35. The van der Waals surface area contributed by atoms with Gasteiger partial charge in [-0.15, -0.1) is 0 Å². The van der Waals surface area contributed by atoms with Gasteiger partial charge in [-0.3, -0.25) is 4.79 Å². The number of esters is 1. The molecule has 1 unspecified atom stereocenters. The van der Waals surface area contributed by atoms with Crippen molar-refractivity contribution in [1.82, 2.24) is 9.62 Å². The predicted octanol–water partition coefficient (Wildman–Crippen LogP) is 1.92. The lowest BCUT2D eigenvalue weighted by Crippen LogP contribution is -2.46. The second-order valence-corrected chi connectivity index (χ2v) is 8.83. The molecule has 0 radical (unpaired) electrons. The van der Waals surface area contributed by atoms with Gasteiger partial charge in [0.2, 0.25) is 16.8 Å². The topological polar surface area (TPSA) is 106 Å². The van der Waals surface area contributed by atoms with E-state index in [9.17, 15) is 18.0 Å². The van der Waals surface area contributed by atoms with Gasteiger partial charge in [0.15, 0.2) is 0 Å². The fourth-order valence-corrected chi connectivity index (χ4v) is 5.33. The summed E-state index contributed by atoms with van der Waals surface area (Å²) >= 11 is 0. The van der Waals surface area contributed by atoms with E-state index in [1.807, 2.05) is 0 Å². The number of hydrogen-bond donors (Lipinski definition) is 1. The van der Waals surface area contributed by atoms with E-state index in [1.54, 1.807) is 6.92 Å².